The third-order valence-electron chi connectivity index (χ3n) is 6.33. The van der Waals surface area contributed by atoms with Crippen LogP contribution in [0.1, 0.15) is 36.8 Å². The minimum atomic E-state index is -2.89. The third kappa shape index (κ3) is 6.14. The molecule has 0 aromatic heterocycles. The number of carboxylic acids is 3. The van der Waals surface area contributed by atoms with Gasteiger partial charge in [-0.3, -0.25) is 24.1 Å². The van der Waals surface area contributed by atoms with Crippen molar-refractivity contribution in [3.8, 4) is 11.5 Å². The SMILES string of the molecule is O=C(O)CCC(=O)N([C@@H](Cc1ccc(O)cc1)C(=O)O)[C@@](Cc1ccc(O)cc1)(C(=O)O)N1C(=O)CCC1=O. The molecule has 0 unspecified atom stereocenters. The predicted molar refractivity (Wildman–Crippen MR) is 130 cm³/mol. The molecule has 0 radical (unpaired) electrons. The number of rotatable bonds is 12. The number of hydrogen-bond donors (Lipinski definition) is 5. The van der Waals surface area contributed by atoms with Gasteiger partial charge in [0, 0.05) is 32.1 Å². The van der Waals surface area contributed by atoms with Crippen LogP contribution in [0, 0.1) is 0 Å². The molecule has 0 spiro atoms. The van der Waals surface area contributed by atoms with Crippen LogP contribution >= 0.6 is 0 Å². The molecule has 0 aliphatic carbocycles. The van der Waals surface area contributed by atoms with Crippen LogP contribution in [-0.4, -0.2) is 82.7 Å². The number of carbonyl (C=O) groups excluding carboxylic acids is 3. The lowest BCUT2D eigenvalue weighted by atomic mass is 9.91. The van der Waals surface area contributed by atoms with Gasteiger partial charge in [0.05, 0.1) is 6.42 Å². The molecule has 3 rings (SSSR count). The van der Waals surface area contributed by atoms with E-state index >= 15 is 0 Å². The summed E-state index contributed by atoms with van der Waals surface area (Å²) in [6, 6.07) is 8.19. The number of phenolic OH excluding ortho intramolecular Hbond substituents is 2. The van der Waals surface area contributed by atoms with E-state index < -0.39 is 73.0 Å². The Kier molecular flexibility index (Phi) is 8.54. The molecule has 2 atom stereocenters. The van der Waals surface area contributed by atoms with Crippen molar-refractivity contribution in [2.45, 2.75) is 50.2 Å². The standard InChI is InChI=1S/C26H26N2O11/c29-17-5-1-15(2-6-17)13-19(24(36)37)27(20(31)11-12-23(34)35)26(25(38)39,28-21(32)9-10-22(28)33)14-16-3-7-18(30)8-4-16/h1-8,19,29-30H,9-14H2,(H,34,35)(H,36,37)(H,38,39)/t19-,26+/m0/s1. The van der Waals surface area contributed by atoms with Gasteiger partial charge in [-0.25, -0.2) is 14.5 Å². The van der Waals surface area contributed by atoms with Gasteiger partial charge in [0.1, 0.15) is 17.5 Å². The Labute approximate surface area is 221 Å². The number of aromatic hydroxyl groups is 2. The maximum absolute atomic E-state index is 13.6. The number of carboxylic acid groups (broad SMARTS) is 3. The number of aliphatic carboxylic acids is 3. The van der Waals surface area contributed by atoms with Crippen LogP contribution in [-0.2, 0) is 41.6 Å². The average Bonchev–Trinajstić information content (AvgIpc) is 3.21. The van der Waals surface area contributed by atoms with Gasteiger partial charge >= 0.3 is 17.9 Å². The van der Waals surface area contributed by atoms with Crippen LogP contribution in [0.4, 0.5) is 0 Å². The van der Waals surface area contributed by atoms with Gasteiger partial charge < -0.3 is 25.5 Å². The Morgan fingerprint density at radius 2 is 1.28 bits per heavy atom. The van der Waals surface area contributed by atoms with E-state index in [4.69, 9.17) is 5.11 Å². The van der Waals surface area contributed by atoms with Crippen molar-refractivity contribution < 1.29 is 54.3 Å². The summed E-state index contributed by atoms with van der Waals surface area (Å²) >= 11 is 0. The topological polar surface area (TPSA) is 210 Å². The summed E-state index contributed by atoms with van der Waals surface area (Å²) < 4.78 is 0. The first-order chi connectivity index (χ1) is 18.4. The zero-order valence-electron chi connectivity index (χ0n) is 20.5. The lowest BCUT2D eigenvalue weighted by Gasteiger charge is -2.47. The first-order valence-corrected chi connectivity index (χ1v) is 11.8. The summed E-state index contributed by atoms with van der Waals surface area (Å²) in [5, 5.41) is 49.3. The van der Waals surface area contributed by atoms with Gasteiger partial charge in [0.2, 0.25) is 23.4 Å². The van der Waals surface area contributed by atoms with Crippen LogP contribution in [0.5, 0.6) is 11.5 Å². The van der Waals surface area contributed by atoms with Crippen LogP contribution in [0.3, 0.4) is 0 Å². The Balaban J connectivity index is 2.29. The van der Waals surface area contributed by atoms with Gasteiger partial charge in [-0.05, 0) is 35.4 Å². The lowest BCUT2D eigenvalue weighted by Crippen LogP contribution is -2.73. The normalized spacial score (nSPS) is 15.4. The molecule has 2 aromatic carbocycles. The highest BCUT2D eigenvalue weighted by Crippen LogP contribution is 2.35. The molecule has 5 N–H and O–H groups in total. The zero-order valence-corrected chi connectivity index (χ0v) is 20.5. The summed E-state index contributed by atoms with van der Waals surface area (Å²) in [6.07, 6.45) is -3.62. The number of imide groups is 1. The maximum atomic E-state index is 13.6. The van der Waals surface area contributed by atoms with Crippen molar-refractivity contribution in [2.24, 2.45) is 0 Å². The fourth-order valence-corrected chi connectivity index (χ4v) is 4.55. The number of nitrogens with zero attached hydrogens (tertiary/aromatic N) is 2. The molecular weight excluding hydrogens is 516 g/mol. The van der Waals surface area contributed by atoms with E-state index in [9.17, 15) is 49.2 Å². The second kappa shape index (κ2) is 11.6. The smallest absolute Gasteiger partial charge is 0.351 e. The molecule has 1 fully saturated rings. The van der Waals surface area contributed by atoms with Crippen LogP contribution < -0.4 is 0 Å². The fourth-order valence-electron chi connectivity index (χ4n) is 4.55. The number of amides is 3. The number of hydrogen-bond acceptors (Lipinski definition) is 8. The molecule has 13 heteroatoms. The molecule has 0 bridgehead atoms. The minimum absolute atomic E-state index is 0.132. The number of likely N-dealkylation sites (tertiary alicyclic amines) is 1. The van der Waals surface area contributed by atoms with E-state index in [-0.39, 0.29) is 35.5 Å². The minimum Gasteiger partial charge on any atom is -0.508 e. The maximum Gasteiger partial charge on any atom is 0.351 e. The molecule has 2 aromatic rings. The highest BCUT2D eigenvalue weighted by Gasteiger charge is 2.60. The monoisotopic (exact) mass is 542 g/mol. The van der Waals surface area contributed by atoms with Crippen LogP contribution in [0.15, 0.2) is 48.5 Å². The van der Waals surface area contributed by atoms with Crippen molar-refractivity contribution in [1.29, 1.82) is 0 Å². The lowest BCUT2D eigenvalue weighted by molar-refractivity contribution is -0.189. The van der Waals surface area contributed by atoms with Crippen LogP contribution in [0.2, 0.25) is 0 Å². The molecule has 39 heavy (non-hydrogen) atoms. The largest absolute Gasteiger partial charge is 0.508 e. The van der Waals surface area contributed by atoms with Gasteiger partial charge in [-0.1, -0.05) is 24.3 Å². The Morgan fingerprint density at radius 1 is 0.795 bits per heavy atom. The second-order valence-corrected chi connectivity index (χ2v) is 8.97. The molecule has 1 aliphatic heterocycles. The fraction of sp³-hybridized carbons (Fsp3) is 0.308. The van der Waals surface area contributed by atoms with Crippen molar-refractivity contribution >= 4 is 35.6 Å². The Bertz CT molecular complexity index is 1270. The van der Waals surface area contributed by atoms with E-state index in [0.29, 0.717) is 9.80 Å². The molecule has 1 heterocycles. The first kappa shape index (κ1) is 28.6. The highest BCUT2D eigenvalue weighted by molar-refractivity contribution is 6.07. The summed E-state index contributed by atoms with van der Waals surface area (Å²) in [7, 11) is 0. The van der Waals surface area contributed by atoms with Crippen molar-refractivity contribution in [3.63, 3.8) is 0 Å². The van der Waals surface area contributed by atoms with Crippen molar-refractivity contribution in [3.05, 3.63) is 59.7 Å². The molecule has 206 valence electrons. The number of benzene rings is 2. The summed E-state index contributed by atoms with van der Waals surface area (Å²) in [5.74, 6) is -8.43. The Hall–Kier alpha value is -4.94. The van der Waals surface area contributed by atoms with Crippen molar-refractivity contribution in [1.82, 2.24) is 9.80 Å². The Morgan fingerprint density at radius 3 is 1.72 bits per heavy atom. The summed E-state index contributed by atoms with van der Waals surface area (Å²) in [6.45, 7) is 0. The van der Waals surface area contributed by atoms with Crippen molar-refractivity contribution in [2.75, 3.05) is 0 Å². The molecule has 1 aliphatic rings. The first-order valence-electron chi connectivity index (χ1n) is 11.8. The summed E-state index contributed by atoms with van der Waals surface area (Å²) in [5.41, 5.74) is -2.50. The quantitative estimate of drug-likeness (QED) is 0.238. The highest BCUT2D eigenvalue weighted by atomic mass is 16.4. The predicted octanol–water partition coefficient (Wildman–Crippen LogP) is 0.959. The average molecular weight is 542 g/mol. The van der Waals surface area contributed by atoms with E-state index in [1.54, 1.807) is 0 Å². The van der Waals surface area contributed by atoms with Gasteiger partial charge in [0.25, 0.3) is 0 Å². The molecule has 3 amide bonds. The molecule has 13 nitrogen and oxygen atoms in total. The van der Waals surface area contributed by atoms with E-state index in [0.717, 1.165) is 0 Å². The van der Waals surface area contributed by atoms with E-state index in [1.165, 1.54) is 48.5 Å². The van der Waals surface area contributed by atoms with Gasteiger partial charge in [-0.2, -0.15) is 0 Å². The molecular formula is C26H26N2O11. The van der Waals surface area contributed by atoms with Gasteiger partial charge in [-0.15, -0.1) is 0 Å². The number of carbonyl (C=O) groups is 6. The zero-order chi connectivity index (χ0) is 28.9. The van der Waals surface area contributed by atoms with Crippen LogP contribution in [0.25, 0.3) is 0 Å². The molecule has 1 saturated heterocycles. The summed E-state index contributed by atoms with van der Waals surface area (Å²) in [4.78, 5) is 77.3. The van der Waals surface area contributed by atoms with Gasteiger partial charge in [0.15, 0.2) is 0 Å². The molecule has 0 saturated carbocycles. The van der Waals surface area contributed by atoms with E-state index in [1.807, 2.05) is 0 Å². The number of phenols is 2. The second-order valence-electron chi connectivity index (χ2n) is 8.97. The third-order valence-corrected chi connectivity index (χ3v) is 6.33. The van der Waals surface area contributed by atoms with E-state index in [2.05, 4.69) is 0 Å².